The van der Waals surface area contributed by atoms with Crippen LogP contribution in [0.5, 0.6) is 0 Å². The van der Waals surface area contributed by atoms with Crippen LogP contribution in [0.2, 0.25) is 0 Å². The summed E-state index contributed by atoms with van der Waals surface area (Å²) in [5, 5.41) is 6.24. The Kier molecular flexibility index (Phi) is 6.28. The summed E-state index contributed by atoms with van der Waals surface area (Å²) in [5.41, 5.74) is 4.49. The highest BCUT2D eigenvalue weighted by molar-refractivity contribution is 8.00. The van der Waals surface area contributed by atoms with Crippen LogP contribution in [0.25, 0.3) is 0 Å². The van der Waals surface area contributed by atoms with Crippen molar-refractivity contribution in [1.82, 2.24) is 21.5 Å². The molecule has 3 atom stereocenters. The van der Waals surface area contributed by atoms with Gasteiger partial charge in [0.15, 0.2) is 0 Å². The first-order valence-corrected chi connectivity index (χ1v) is 8.23. The number of nitrogens with one attached hydrogen (secondary N) is 4. The quantitative estimate of drug-likeness (QED) is 0.225. The first-order valence-electron chi connectivity index (χ1n) is 7.18. The van der Waals surface area contributed by atoms with Crippen LogP contribution < -0.4 is 27.4 Å². The number of carbonyl (C=O) groups excluding carboxylic acids is 3. The monoisotopic (exact) mass is 331 g/mol. The third-order valence-corrected chi connectivity index (χ3v) is 5.15. The fourth-order valence-corrected chi connectivity index (χ4v) is 4.13. The van der Waals surface area contributed by atoms with Crippen LogP contribution in [-0.2, 0) is 14.4 Å². The lowest BCUT2D eigenvalue weighted by Crippen LogP contribution is -2.43. The summed E-state index contributed by atoms with van der Waals surface area (Å²) in [5.74, 6) is 4.91. The molecule has 0 spiro atoms. The molecule has 0 aromatic heterocycles. The number of nitrogens with two attached hydrogens (primary N) is 1. The van der Waals surface area contributed by atoms with Crippen LogP contribution in [-0.4, -0.2) is 47.5 Å². The second-order valence-corrected chi connectivity index (χ2v) is 6.55. The largest absolute Gasteiger partial charge is 0.332 e. The second kappa shape index (κ2) is 8.20. The van der Waals surface area contributed by atoms with Gasteiger partial charge in [0, 0.05) is 17.4 Å². The number of unbranched alkanes of at least 4 members (excludes halogenated alkanes) is 1. The maximum Gasteiger partial charge on any atom is 0.315 e. The van der Waals surface area contributed by atoms with Gasteiger partial charge in [0.25, 0.3) is 5.91 Å². The van der Waals surface area contributed by atoms with Crippen LogP contribution in [0.3, 0.4) is 0 Å². The minimum absolute atomic E-state index is 0.0862. The van der Waals surface area contributed by atoms with Gasteiger partial charge in [0.2, 0.25) is 5.91 Å². The molecule has 0 aromatic carbocycles. The van der Waals surface area contributed by atoms with E-state index in [0.29, 0.717) is 11.7 Å². The van der Waals surface area contributed by atoms with Gasteiger partial charge in [-0.25, -0.2) is 10.7 Å². The van der Waals surface area contributed by atoms with E-state index in [9.17, 15) is 14.4 Å². The van der Waals surface area contributed by atoms with Crippen LogP contribution in [0.15, 0.2) is 0 Å². The zero-order chi connectivity index (χ0) is 15.9. The molecule has 2 heterocycles. The molecule has 2 rings (SSSR count). The van der Waals surface area contributed by atoms with E-state index in [2.05, 4.69) is 26.3 Å². The smallest absolute Gasteiger partial charge is 0.315 e. The van der Waals surface area contributed by atoms with Gasteiger partial charge < -0.3 is 10.6 Å². The van der Waals surface area contributed by atoms with Crippen LogP contribution in [0, 0.1) is 0 Å². The predicted molar refractivity (Wildman–Crippen MR) is 80.4 cm³/mol. The number of carbonyl (C=O) groups is 3. The number of hydrogen-bond donors (Lipinski definition) is 5. The third kappa shape index (κ3) is 4.75. The number of hydrazine groups is 1. The number of hydrogen-bond acceptors (Lipinski definition) is 6. The van der Waals surface area contributed by atoms with E-state index >= 15 is 0 Å². The molecule has 0 radical (unpaired) electrons. The fourth-order valence-electron chi connectivity index (χ4n) is 2.59. The Hall–Kier alpha value is -1.52. The lowest BCUT2D eigenvalue weighted by Gasteiger charge is -2.16. The minimum Gasteiger partial charge on any atom is -0.332 e. The molecule has 124 valence electrons. The molecule has 10 heteroatoms. The molecule has 9 nitrogen and oxygen atoms in total. The van der Waals surface area contributed by atoms with Crippen molar-refractivity contribution in [2.45, 2.75) is 43.0 Å². The van der Waals surface area contributed by atoms with Crippen molar-refractivity contribution in [2.24, 2.45) is 5.90 Å². The van der Waals surface area contributed by atoms with Crippen LogP contribution >= 0.6 is 11.8 Å². The van der Waals surface area contributed by atoms with Gasteiger partial charge in [0.1, 0.15) is 6.61 Å². The molecule has 0 aromatic rings. The third-order valence-electron chi connectivity index (χ3n) is 3.64. The standard InChI is InChI=1S/C12H21N5O4S/c13-21-5-10(19)17-16-9(18)4-2-1-3-8-11-7(6-22-8)14-12(20)15-11/h7-8,11H,1-6,13H2,(H,16,18)(H,17,19)(H2,14,15,20). The van der Waals surface area contributed by atoms with E-state index in [-0.39, 0.29) is 30.6 Å². The van der Waals surface area contributed by atoms with Crippen molar-refractivity contribution in [3.05, 3.63) is 0 Å². The van der Waals surface area contributed by atoms with Crippen LogP contribution in [0.1, 0.15) is 25.7 Å². The summed E-state index contributed by atoms with van der Waals surface area (Å²) in [4.78, 5) is 37.9. The molecule has 0 bridgehead atoms. The normalized spacial score (nSPS) is 26.0. The highest BCUT2D eigenvalue weighted by atomic mass is 32.2. The lowest BCUT2D eigenvalue weighted by atomic mass is 10.0. The highest BCUT2D eigenvalue weighted by Gasteiger charge is 2.42. The SMILES string of the molecule is NOCC(=O)NNC(=O)CCCCC1SCC2NC(=O)NC21. The molecule has 2 saturated heterocycles. The molecule has 2 fully saturated rings. The maximum absolute atomic E-state index is 11.5. The van der Waals surface area contributed by atoms with Gasteiger partial charge in [-0.2, -0.15) is 11.8 Å². The molecule has 6 N–H and O–H groups in total. The fraction of sp³-hybridized carbons (Fsp3) is 0.750. The molecule has 2 aliphatic heterocycles. The average Bonchev–Trinajstić information content (AvgIpc) is 3.01. The van der Waals surface area contributed by atoms with Crippen molar-refractivity contribution in [3.63, 3.8) is 0 Å². The van der Waals surface area contributed by atoms with E-state index in [1.165, 1.54) is 0 Å². The summed E-state index contributed by atoms with van der Waals surface area (Å²) in [6.45, 7) is -0.304. The highest BCUT2D eigenvalue weighted by Crippen LogP contribution is 2.33. The maximum atomic E-state index is 11.5. The number of fused-ring (bicyclic) bond motifs is 1. The number of urea groups is 1. The zero-order valence-corrected chi connectivity index (χ0v) is 12.9. The molecule has 3 unspecified atom stereocenters. The van der Waals surface area contributed by atoms with E-state index in [1.807, 2.05) is 11.8 Å². The van der Waals surface area contributed by atoms with Gasteiger partial charge in [-0.05, 0) is 12.8 Å². The summed E-state index contributed by atoms with van der Waals surface area (Å²) in [7, 11) is 0. The Labute approximate surface area is 132 Å². The summed E-state index contributed by atoms with van der Waals surface area (Å²) >= 11 is 1.85. The minimum atomic E-state index is -0.506. The Bertz CT molecular complexity index is 436. The first kappa shape index (κ1) is 16.8. The predicted octanol–water partition coefficient (Wildman–Crippen LogP) is -1.25. The van der Waals surface area contributed by atoms with E-state index < -0.39 is 5.91 Å². The van der Waals surface area contributed by atoms with Crippen molar-refractivity contribution in [3.8, 4) is 0 Å². The van der Waals surface area contributed by atoms with Crippen molar-refractivity contribution >= 4 is 29.6 Å². The molecular formula is C12H21N5O4S. The summed E-state index contributed by atoms with van der Waals surface area (Å²) in [6.07, 6.45) is 2.91. The van der Waals surface area contributed by atoms with E-state index in [4.69, 9.17) is 5.90 Å². The van der Waals surface area contributed by atoms with Gasteiger partial charge in [-0.1, -0.05) is 6.42 Å². The topological polar surface area (TPSA) is 135 Å². The van der Waals surface area contributed by atoms with Gasteiger partial charge in [-0.3, -0.25) is 25.3 Å². The molecular weight excluding hydrogens is 310 g/mol. The Balaban J connectivity index is 1.55. The first-order chi connectivity index (χ1) is 10.6. The Morgan fingerprint density at radius 3 is 2.82 bits per heavy atom. The average molecular weight is 331 g/mol. The van der Waals surface area contributed by atoms with Gasteiger partial charge in [0.05, 0.1) is 12.1 Å². The van der Waals surface area contributed by atoms with Gasteiger partial charge >= 0.3 is 6.03 Å². The Morgan fingerprint density at radius 1 is 1.27 bits per heavy atom. The molecule has 4 amide bonds. The number of rotatable bonds is 7. The van der Waals surface area contributed by atoms with Gasteiger partial charge in [-0.15, -0.1) is 0 Å². The lowest BCUT2D eigenvalue weighted by molar-refractivity contribution is -0.131. The molecule has 0 saturated carbocycles. The number of thioether (sulfide) groups is 1. The molecule has 0 aliphatic carbocycles. The van der Waals surface area contributed by atoms with E-state index in [0.717, 1.165) is 25.0 Å². The zero-order valence-electron chi connectivity index (χ0n) is 12.1. The summed E-state index contributed by atoms with van der Waals surface area (Å²) < 4.78 is 0. The van der Waals surface area contributed by atoms with Crippen molar-refractivity contribution in [1.29, 1.82) is 0 Å². The van der Waals surface area contributed by atoms with Crippen molar-refractivity contribution < 1.29 is 19.2 Å². The summed E-state index contributed by atoms with van der Waals surface area (Å²) in [6, 6.07) is 0.338. The van der Waals surface area contributed by atoms with Crippen LogP contribution in [0.4, 0.5) is 4.79 Å². The van der Waals surface area contributed by atoms with Crippen molar-refractivity contribution in [2.75, 3.05) is 12.4 Å². The molecule has 22 heavy (non-hydrogen) atoms. The Morgan fingerprint density at radius 2 is 2.05 bits per heavy atom. The van der Waals surface area contributed by atoms with E-state index in [1.54, 1.807) is 0 Å². The second-order valence-electron chi connectivity index (χ2n) is 5.27. The number of amides is 4. The molecule has 2 aliphatic rings.